The number of rotatable bonds is 7. The van der Waals surface area contributed by atoms with Crippen molar-refractivity contribution in [2.75, 3.05) is 19.8 Å². The molecule has 28 heavy (non-hydrogen) atoms. The number of thiophene rings is 1. The predicted octanol–water partition coefficient (Wildman–Crippen LogP) is 4.32. The Balaban J connectivity index is 1.89. The average Bonchev–Trinajstić information content (AvgIpc) is 3.13. The highest BCUT2D eigenvalue weighted by atomic mass is 32.1. The molecule has 0 radical (unpaired) electrons. The standard InChI is InChI=1S/C22H29NO4S/c1-5-7-26-8-9-27-21(25)18-14(2)23-16-11-22(3,4)12-17(24)20(16)19(18)15-6-10-28-13-15/h6,10,13,19,23H,5,7-9,11-12H2,1-4H3/t19-/m0/s1. The number of hydrogen-bond donors (Lipinski definition) is 1. The van der Waals surface area contributed by atoms with Gasteiger partial charge in [-0.3, -0.25) is 4.79 Å². The molecule has 1 aliphatic carbocycles. The highest BCUT2D eigenvalue weighted by Gasteiger charge is 2.43. The first kappa shape index (κ1) is 20.8. The summed E-state index contributed by atoms with van der Waals surface area (Å²) in [5.41, 5.74) is 3.84. The van der Waals surface area contributed by atoms with Crippen molar-refractivity contribution in [3.05, 3.63) is 44.9 Å². The Morgan fingerprint density at radius 3 is 2.75 bits per heavy atom. The lowest BCUT2D eigenvalue weighted by molar-refractivity contribution is -0.141. The van der Waals surface area contributed by atoms with Crippen molar-refractivity contribution in [3.8, 4) is 0 Å². The van der Waals surface area contributed by atoms with Crippen molar-refractivity contribution in [2.24, 2.45) is 5.41 Å². The molecule has 0 fully saturated rings. The average molecular weight is 404 g/mol. The van der Waals surface area contributed by atoms with Gasteiger partial charge in [0.15, 0.2) is 5.78 Å². The van der Waals surface area contributed by atoms with Gasteiger partial charge in [0.25, 0.3) is 0 Å². The van der Waals surface area contributed by atoms with E-state index in [0.29, 0.717) is 25.2 Å². The van der Waals surface area contributed by atoms with E-state index < -0.39 is 0 Å². The van der Waals surface area contributed by atoms with Gasteiger partial charge in [-0.15, -0.1) is 0 Å². The molecule has 0 saturated heterocycles. The first-order chi connectivity index (χ1) is 13.3. The van der Waals surface area contributed by atoms with E-state index in [9.17, 15) is 9.59 Å². The quantitative estimate of drug-likeness (QED) is 0.542. The molecule has 1 N–H and O–H groups in total. The summed E-state index contributed by atoms with van der Waals surface area (Å²) >= 11 is 1.57. The molecule has 0 saturated carbocycles. The molecule has 0 spiro atoms. The molecule has 1 aliphatic heterocycles. The highest BCUT2D eigenvalue weighted by Crippen LogP contribution is 2.47. The Morgan fingerprint density at radius 2 is 2.07 bits per heavy atom. The number of esters is 1. The van der Waals surface area contributed by atoms with E-state index in [4.69, 9.17) is 9.47 Å². The minimum atomic E-state index is -0.384. The number of dihydropyridines is 1. The molecule has 1 aromatic rings. The molecule has 152 valence electrons. The summed E-state index contributed by atoms with van der Waals surface area (Å²) in [7, 11) is 0. The Kier molecular flexibility index (Phi) is 6.40. The number of carbonyl (C=O) groups is 2. The van der Waals surface area contributed by atoms with Gasteiger partial charge < -0.3 is 14.8 Å². The monoisotopic (exact) mass is 403 g/mol. The van der Waals surface area contributed by atoms with Crippen LogP contribution in [0, 0.1) is 5.41 Å². The molecule has 0 aromatic carbocycles. The fourth-order valence-electron chi connectivity index (χ4n) is 4.00. The molecule has 0 amide bonds. The van der Waals surface area contributed by atoms with Crippen molar-refractivity contribution in [1.82, 2.24) is 5.32 Å². The molecular weight excluding hydrogens is 374 g/mol. The smallest absolute Gasteiger partial charge is 0.336 e. The third-order valence-corrected chi connectivity index (χ3v) is 5.85. The molecule has 3 rings (SSSR count). The van der Waals surface area contributed by atoms with E-state index in [0.717, 1.165) is 35.4 Å². The Hall–Kier alpha value is -1.92. The van der Waals surface area contributed by atoms with Crippen molar-refractivity contribution in [3.63, 3.8) is 0 Å². The lowest BCUT2D eigenvalue weighted by Gasteiger charge is -2.39. The fraction of sp³-hybridized carbons (Fsp3) is 0.545. The predicted molar refractivity (Wildman–Crippen MR) is 110 cm³/mol. The van der Waals surface area contributed by atoms with E-state index in [1.54, 1.807) is 11.3 Å². The number of allylic oxidation sites excluding steroid dienone is 3. The van der Waals surface area contributed by atoms with Crippen LogP contribution < -0.4 is 5.32 Å². The summed E-state index contributed by atoms with van der Waals surface area (Å²) in [6.45, 7) is 9.37. The number of ketones is 1. The second kappa shape index (κ2) is 8.62. The van der Waals surface area contributed by atoms with Gasteiger partial charge in [-0.2, -0.15) is 11.3 Å². The first-order valence-electron chi connectivity index (χ1n) is 9.85. The van der Waals surface area contributed by atoms with Crippen LogP contribution in [0.5, 0.6) is 0 Å². The molecule has 1 atom stereocenters. The van der Waals surface area contributed by atoms with Gasteiger partial charge in [0, 0.05) is 35.9 Å². The van der Waals surface area contributed by atoms with E-state index in [1.807, 2.05) is 30.7 Å². The lowest BCUT2D eigenvalue weighted by Crippen LogP contribution is -2.38. The van der Waals surface area contributed by atoms with Crippen LogP contribution in [-0.2, 0) is 19.1 Å². The van der Waals surface area contributed by atoms with Crippen LogP contribution in [0.15, 0.2) is 39.4 Å². The van der Waals surface area contributed by atoms with Crippen LogP contribution in [-0.4, -0.2) is 31.6 Å². The number of carbonyl (C=O) groups excluding carboxylic acids is 2. The minimum Gasteiger partial charge on any atom is -0.460 e. The van der Waals surface area contributed by atoms with Crippen molar-refractivity contribution < 1.29 is 19.1 Å². The summed E-state index contributed by atoms with van der Waals surface area (Å²) in [6, 6.07) is 1.99. The number of nitrogens with one attached hydrogen (secondary N) is 1. The van der Waals surface area contributed by atoms with Crippen LogP contribution in [0.25, 0.3) is 0 Å². The van der Waals surface area contributed by atoms with Crippen LogP contribution in [0.3, 0.4) is 0 Å². The maximum atomic E-state index is 13.1. The maximum absolute atomic E-state index is 13.1. The fourth-order valence-corrected chi connectivity index (χ4v) is 4.68. The highest BCUT2D eigenvalue weighted by molar-refractivity contribution is 7.08. The second-order valence-corrected chi connectivity index (χ2v) is 9.01. The summed E-state index contributed by atoms with van der Waals surface area (Å²) in [4.78, 5) is 26.0. The van der Waals surface area contributed by atoms with Crippen molar-refractivity contribution in [2.45, 2.75) is 52.9 Å². The first-order valence-corrected chi connectivity index (χ1v) is 10.8. The lowest BCUT2D eigenvalue weighted by atomic mass is 9.69. The normalized spacial score (nSPS) is 21.4. The van der Waals surface area contributed by atoms with Gasteiger partial charge in [-0.25, -0.2) is 4.79 Å². The second-order valence-electron chi connectivity index (χ2n) is 8.23. The van der Waals surface area contributed by atoms with Crippen molar-refractivity contribution in [1.29, 1.82) is 0 Å². The Labute approximate surface area is 170 Å². The molecule has 0 unspecified atom stereocenters. The number of ether oxygens (including phenoxy) is 2. The zero-order valence-electron chi connectivity index (χ0n) is 17.1. The summed E-state index contributed by atoms with van der Waals surface area (Å²) in [5, 5.41) is 7.34. The topological polar surface area (TPSA) is 64.6 Å². The van der Waals surface area contributed by atoms with Crippen molar-refractivity contribution >= 4 is 23.1 Å². The SMILES string of the molecule is CCCOCCOC(=O)C1=C(C)NC2=C(C(=O)CC(C)(C)C2)[C@H]1c1ccsc1. The third-order valence-electron chi connectivity index (χ3n) is 5.15. The zero-order chi connectivity index (χ0) is 20.3. The molecular formula is C22H29NO4S. The van der Waals surface area contributed by atoms with E-state index in [2.05, 4.69) is 19.2 Å². The summed E-state index contributed by atoms with van der Waals surface area (Å²) < 4.78 is 10.9. The van der Waals surface area contributed by atoms with Crippen LogP contribution in [0.4, 0.5) is 0 Å². The van der Waals surface area contributed by atoms with Gasteiger partial charge in [0.2, 0.25) is 0 Å². The van der Waals surface area contributed by atoms with E-state index in [-0.39, 0.29) is 29.7 Å². The Bertz CT molecular complexity index is 805. The van der Waals surface area contributed by atoms with Gasteiger partial charge in [-0.05, 0) is 47.6 Å². The zero-order valence-corrected chi connectivity index (χ0v) is 17.9. The molecule has 1 aromatic heterocycles. The molecule has 2 heterocycles. The van der Waals surface area contributed by atoms with Crippen LogP contribution in [0.2, 0.25) is 0 Å². The summed E-state index contributed by atoms with van der Waals surface area (Å²) in [6.07, 6.45) is 2.21. The van der Waals surface area contributed by atoms with Gasteiger partial charge >= 0.3 is 5.97 Å². The molecule has 0 bridgehead atoms. The third kappa shape index (κ3) is 4.39. The largest absolute Gasteiger partial charge is 0.460 e. The molecule has 5 nitrogen and oxygen atoms in total. The Morgan fingerprint density at radius 1 is 1.29 bits per heavy atom. The van der Waals surface area contributed by atoms with E-state index >= 15 is 0 Å². The van der Waals surface area contributed by atoms with E-state index in [1.165, 1.54) is 0 Å². The van der Waals surface area contributed by atoms with Gasteiger partial charge in [-0.1, -0.05) is 20.8 Å². The minimum absolute atomic E-state index is 0.0863. The number of Topliss-reactive ketones (excluding diaryl/α,β-unsaturated/α-hetero) is 1. The maximum Gasteiger partial charge on any atom is 0.336 e. The van der Waals surface area contributed by atoms with Crippen LogP contribution in [0.1, 0.15) is 58.4 Å². The van der Waals surface area contributed by atoms with Crippen LogP contribution >= 0.6 is 11.3 Å². The molecule has 2 aliphatic rings. The van der Waals surface area contributed by atoms with Gasteiger partial charge in [0.1, 0.15) is 6.61 Å². The summed E-state index contributed by atoms with van der Waals surface area (Å²) in [5.74, 6) is -0.639. The van der Waals surface area contributed by atoms with Gasteiger partial charge in [0.05, 0.1) is 12.2 Å². The molecule has 6 heteroatoms. The number of hydrogen-bond acceptors (Lipinski definition) is 6.